The number of rotatable bonds is 1. The Morgan fingerprint density at radius 3 is 1.68 bits per heavy atom. The van der Waals surface area contributed by atoms with E-state index in [0.717, 1.165) is 0 Å². The SMILES string of the molecule is C[C](C)=[Hf+2].Cc1cc[c-](C2c3ccccc3-c3ccccc32)c1.[Cl-].[Cl-]. The van der Waals surface area contributed by atoms with E-state index in [1.165, 1.54) is 57.3 Å². The van der Waals surface area contributed by atoms with Crippen LogP contribution >= 0.6 is 0 Å². The third-order valence-electron chi connectivity index (χ3n) is 4.10. The van der Waals surface area contributed by atoms with E-state index in [9.17, 15) is 0 Å². The van der Waals surface area contributed by atoms with Gasteiger partial charge in [-0.3, -0.25) is 0 Å². The monoisotopic (exact) mass is 535 g/mol. The van der Waals surface area contributed by atoms with Gasteiger partial charge in [0.2, 0.25) is 0 Å². The van der Waals surface area contributed by atoms with Gasteiger partial charge in [-0.1, -0.05) is 55.5 Å². The van der Waals surface area contributed by atoms with E-state index in [1.54, 1.807) is 3.26 Å². The number of hydrogen-bond acceptors (Lipinski definition) is 0. The Morgan fingerprint density at radius 2 is 1.28 bits per heavy atom. The van der Waals surface area contributed by atoms with Gasteiger partial charge < -0.3 is 24.8 Å². The fraction of sp³-hybridized carbons (Fsp3) is 0.182. The molecule has 3 heteroatoms. The maximum atomic E-state index is 2.31. The van der Waals surface area contributed by atoms with Crippen molar-refractivity contribution in [1.29, 1.82) is 0 Å². The molecule has 0 aliphatic heterocycles. The molecule has 0 heterocycles. The zero-order chi connectivity index (χ0) is 16.4. The van der Waals surface area contributed by atoms with Gasteiger partial charge >= 0.3 is 41.0 Å². The van der Waals surface area contributed by atoms with Gasteiger partial charge in [-0.05, 0) is 28.2 Å². The average Bonchev–Trinajstić information content (AvgIpc) is 3.08. The van der Waals surface area contributed by atoms with Crippen molar-refractivity contribution in [2.24, 2.45) is 0 Å². The topological polar surface area (TPSA) is 0 Å². The first-order chi connectivity index (χ1) is 11.1. The van der Waals surface area contributed by atoms with E-state index in [1.807, 2.05) is 0 Å². The van der Waals surface area contributed by atoms with Crippen LogP contribution in [0.3, 0.4) is 0 Å². The molecule has 0 bridgehead atoms. The standard InChI is InChI=1S/C19H15.C3H6.2ClH.Hf/c1-13-10-11-14(12-13)19-17-8-4-2-6-15(17)16-7-3-5-9-18(16)19;1-3-2;;;/h2-12,19H,1H3;1-2H3;2*1H;/q-1;;;;+2/p-2. The molecule has 3 aromatic carbocycles. The van der Waals surface area contributed by atoms with Crippen LogP contribution in [0.15, 0.2) is 66.7 Å². The molecule has 3 aromatic rings. The molecule has 0 radical (unpaired) electrons. The second kappa shape index (κ2) is 9.71. The zero-order valence-corrected chi connectivity index (χ0v) is 19.8. The van der Waals surface area contributed by atoms with Crippen LogP contribution in [0.5, 0.6) is 0 Å². The Labute approximate surface area is 177 Å². The molecule has 0 atom stereocenters. The summed E-state index contributed by atoms with van der Waals surface area (Å²) in [7, 11) is 0. The van der Waals surface area contributed by atoms with Crippen molar-refractivity contribution in [3.8, 4) is 11.1 Å². The Morgan fingerprint density at radius 1 is 0.840 bits per heavy atom. The summed E-state index contributed by atoms with van der Waals surface area (Å²) < 4.78 is 1.56. The largest absolute Gasteiger partial charge is 1.00 e. The predicted octanol–water partition coefficient (Wildman–Crippen LogP) is -0.372. The molecule has 0 saturated carbocycles. The van der Waals surface area contributed by atoms with Crippen LogP contribution in [0.2, 0.25) is 0 Å². The van der Waals surface area contributed by atoms with Gasteiger partial charge in [0.25, 0.3) is 0 Å². The molecule has 0 unspecified atom stereocenters. The number of hydrogen-bond donors (Lipinski definition) is 0. The quantitative estimate of drug-likeness (QED) is 0.231. The molecule has 0 amide bonds. The fourth-order valence-corrected chi connectivity index (χ4v) is 3.28. The fourth-order valence-electron chi connectivity index (χ4n) is 3.28. The minimum absolute atomic E-state index is 0. The first-order valence-corrected chi connectivity index (χ1v) is 9.81. The Balaban J connectivity index is 0.000000476. The first-order valence-electron chi connectivity index (χ1n) is 8.01. The summed E-state index contributed by atoms with van der Waals surface area (Å²) in [5.41, 5.74) is 8.42. The smallest absolute Gasteiger partial charge is 0.00986 e. The summed E-state index contributed by atoms with van der Waals surface area (Å²) in [5.74, 6) is 0.404. The summed E-state index contributed by atoms with van der Waals surface area (Å²) in [6.45, 7) is 6.45. The molecule has 1 aliphatic rings. The van der Waals surface area contributed by atoms with Crippen LogP contribution in [-0.2, 0) is 23.9 Å². The van der Waals surface area contributed by atoms with Crippen molar-refractivity contribution in [3.05, 3.63) is 89.0 Å². The second-order valence-electron chi connectivity index (χ2n) is 6.33. The van der Waals surface area contributed by atoms with E-state index in [2.05, 4.69) is 87.5 Å². The molecule has 4 rings (SSSR count). The molecule has 25 heavy (non-hydrogen) atoms. The van der Waals surface area contributed by atoms with E-state index in [-0.39, 0.29) is 24.8 Å². The van der Waals surface area contributed by atoms with Crippen LogP contribution in [-0.4, -0.2) is 3.26 Å². The molecule has 0 aromatic heterocycles. The predicted molar refractivity (Wildman–Crippen MR) is 96.0 cm³/mol. The Bertz CT molecular complexity index is 799. The van der Waals surface area contributed by atoms with Gasteiger partial charge in [0.1, 0.15) is 0 Å². The summed E-state index contributed by atoms with van der Waals surface area (Å²) in [6.07, 6.45) is 0. The zero-order valence-electron chi connectivity index (χ0n) is 14.7. The second-order valence-corrected chi connectivity index (χ2v) is 9.92. The van der Waals surface area contributed by atoms with Crippen molar-refractivity contribution in [1.82, 2.24) is 0 Å². The molecular formula is C22H21Cl2Hf-. The summed E-state index contributed by atoms with van der Waals surface area (Å²) in [5, 5.41) is 0. The van der Waals surface area contributed by atoms with Crippen molar-refractivity contribution in [2.75, 3.05) is 0 Å². The van der Waals surface area contributed by atoms with Crippen LogP contribution in [0.25, 0.3) is 11.1 Å². The van der Waals surface area contributed by atoms with Crippen molar-refractivity contribution in [2.45, 2.75) is 26.7 Å². The first kappa shape index (κ1) is 22.2. The number of fused-ring (bicyclic) bond motifs is 3. The third-order valence-corrected chi connectivity index (χ3v) is 4.10. The molecule has 0 fully saturated rings. The van der Waals surface area contributed by atoms with Crippen molar-refractivity contribution >= 4 is 3.26 Å². The van der Waals surface area contributed by atoms with Gasteiger partial charge in [-0.2, -0.15) is 12.1 Å². The molecule has 0 nitrogen and oxygen atoms in total. The van der Waals surface area contributed by atoms with Crippen molar-refractivity contribution in [3.63, 3.8) is 0 Å². The molecule has 0 N–H and O–H groups in total. The Hall–Kier alpha value is -0.890. The van der Waals surface area contributed by atoms with Gasteiger partial charge in [0.15, 0.2) is 0 Å². The Kier molecular flexibility index (Phi) is 8.60. The summed E-state index contributed by atoms with van der Waals surface area (Å²) in [4.78, 5) is 0. The average molecular weight is 535 g/mol. The molecule has 1 aliphatic carbocycles. The minimum atomic E-state index is 0. The summed E-state index contributed by atoms with van der Waals surface area (Å²) in [6, 6.07) is 24.4. The molecule has 128 valence electrons. The van der Waals surface area contributed by atoms with Gasteiger partial charge in [-0.15, -0.1) is 5.56 Å². The van der Waals surface area contributed by atoms with E-state index in [0.29, 0.717) is 5.92 Å². The van der Waals surface area contributed by atoms with Crippen LogP contribution in [0.1, 0.15) is 42.0 Å². The number of aryl methyl sites for hydroxylation is 1. The van der Waals surface area contributed by atoms with Crippen LogP contribution in [0.4, 0.5) is 0 Å². The van der Waals surface area contributed by atoms with E-state index >= 15 is 0 Å². The maximum absolute atomic E-state index is 2.31. The van der Waals surface area contributed by atoms with E-state index < -0.39 is 0 Å². The van der Waals surface area contributed by atoms with Gasteiger partial charge in [0.05, 0.1) is 0 Å². The molecule has 0 spiro atoms. The third kappa shape index (κ3) is 4.84. The van der Waals surface area contributed by atoms with Crippen LogP contribution in [0, 0.1) is 6.92 Å². The summed E-state index contributed by atoms with van der Waals surface area (Å²) >= 11 is 1.27. The minimum Gasteiger partial charge on any atom is -1.00 e. The normalized spacial score (nSPS) is 11.2. The number of halogens is 2. The van der Waals surface area contributed by atoms with Gasteiger partial charge in [0, 0.05) is 0 Å². The van der Waals surface area contributed by atoms with Crippen molar-refractivity contribution < 1.29 is 48.7 Å². The molecule has 0 saturated heterocycles. The maximum Gasteiger partial charge on any atom is -0.00986 e. The molecular weight excluding hydrogens is 514 g/mol. The number of benzene rings is 2. The van der Waals surface area contributed by atoms with Gasteiger partial charge in [-0.25, -0.2) is 11.6 Å². The van der Waals surface area contributed by atoms with Crippen LogP contribution < -0.4 is 24.8 Å². The van der Waals surface area contributed by atoms with E-state index in [4.69, 9.17) is 0 Å².